The second-order valence-corrected chi connectivity index (χ2v) is 6.25. The van der Waals surface area contributed by atoms with Gasteiger partial charge in [0.05, 0.1) is 6.61 Å². The Kier molecular flexibility index (Phi) is 7.18. The van der Waals surface area contributed by atoms with E-state index >= 15 is 0 Å². The number of alkyl halides is 2. The Morgan fingerprint density at radius 3 is 2.83 bits per heavy atom. The van der Waals surface area contributed by atoms with Crippen LogP contribution in [-0.2, 0) is 24.3 Å². The zero-order chi connectivity index (χ0) is 20.6. The first-order chi connectivity index (χ1) is 14.1. The molecule has 1 heterocycles. The third-order valence-corrected chi connectivity index (χ3v) is 4.30. The lowest BCUT2D eigenvalue weighted by atomic mass is 10.1. The van der Waals surface area contributed by atoms with E-state index in [4.69, 9.17) is 9.47 Å². The Morgan fingerprint density at radius 1 is 1.21 bits per heavy atom. The van der Waals surface area contributed by atoms with Crippen LogP contribution >= 0.6 is 0 Å². The number of rotatable bonds is 7. The number of hydrogen-bond acceptors (Lipinski definition) is 4. The highest BCUT2D eigenvalue weighted by Gasteiger charge is 2.17. The van der Waals surface area contributed by atoms with Crippen molar-refractivity contribution in [3.63, 3.8) is 0 Å². The molecule has 2 aromatic rings. The number of fused-ring (bicyclic) bond motifs is 1. The molecule has 3 rings (SSSR count). The van der Waals surface area contributed by atoms with Gasteiger partial charge in [0.1, 0.15) is 17.3 Å². The van der Waals surface area contributed by atoms with Crippen molar-refractivity contribution in [1.29, 1.82) is 0 Å². The molecule has 0 atom stereocenters. The Morgan fingerprint density at radius 2 is 2.03 bits per heavy atom. The molecular formula is C20H22F3N3O3. The number of nitrogens with one attached hydrogen (secondary N) is 2. The van der Waals surface area contributed by atoms with Crippen LogP contribution in [0.2, 0.25) is 0 Å². The van der Waals surface area contributed by atoms with Crippen LogP contribution in [0.25, 0.3) is 0 Å². The van der Waals surface area contributed by atoms with Gasteiger partial charge in [-0.05, 0) is 30.2 Å². The summed E-state index contributed by atoms with van der Waals surface area (Å²) in [4.78, 5) is 4.11. The number of benzene rings is 2. The van der Waals surface area contributed by atoms with E-state index in [1.165, 1.54) is 18.2 Å². The first kappa shape index (κ1) is 20.8. The summed E-state index contributed by atoms with van der Waals surface area (Å²) in [5.41, 5.74) is 2.00. The van der Waals surface area contributed by atoms with Crippen LogP contribution in [0.4, 0.5) is 13.2 Å². The molecule has 29 heavy (non-hydrogen) atoms. The van der Waals surface area contributed by atoms with Gasteiger partial charge in [0.25, 0.3) is 0 Å². The minimum atomic E-state index is -2.89. The predicted molar refractivity (Wildman–Crippen MR) is 102 cm³/mol. The zero-order valence-corrected chi connectivity index (χ0v) is 15.9. The molecule has 0 saturated heterocycles. The molecule has 0 fully saturated rings. The van der Waals surface area contributed by atoms with Gasteiger partial charge in [-0.3, -0.25) is 4.99 Å². The first-order valence-electron chi connectivity index (χ1n) is 9.06. The molecule has 1 aliphatic rings. The van der Waals surface area contributed by atoms with Crippen molar-refractivity contribution < 1.29 is 27.4 Å². The average molecular weight is 409 g/mol. The summed E-state index contributed by atoms with van der Waals surface area (Å²) in [5, 5.41) is 6.16. The molecule has 0 aromatic heterocycles. The van der Waals surface area contributed by atoms with E-state index < -0.39 is 6.61 Å². The van der Waals surface area contributed by atoms with Crippen LogP contribution in [0, 0.1) is 5.82 Å². The fourth-order valence-electron chi connectivity index (χ4n) is 3.02. The molecule has 1 aliphatic heterocycles. The van der Waals surface area contributed by atoms with Gasteiger partial charge in [0, 0.05) is 31.3 Å². The van der Waals surface area contributed by atoms with Crippen LogP contribution in [-0.4, -0.2) is 33.0 Å². The Hall–Kier alpha value is -2.94. The third-order valence-electron chi connectivity index (χ3n) is 4.30. The highest BCUT2D eigenvalue weighted by atomic mass is 19.3. The molecule has 0 amide bonds. The summed E-state index contributed by atoms with van der Waals surface area (Å²) in [7, 11) is 1.60. The van der Waals surface area contributed by atoms with Crippen LogP contribution in [0.15, 0.2) is 41.4 Å². The van der Waals surface area contributed by atoms with Crippen molar-refractivity contribution in [2.75, 3.05) is 20.4 Å². The fraction of sp³-hybridized carbons (Fsp3) is 0.350. The Bertz CT molecular complexity index is 862. The third kappa shape index (κ3) is 5.77. The molecule has 0 spiro atoms. The van der Waals surface area contributed by atoms with Crippen LogP contribution < -0.4 is 20.1 Å². The topological polar surface area (TPSA) is 64.1 Å². The van der Waals surface area contributed by atoms with Gasteiger partial charge in [-0.25, -0.2) is 4.39 Å². The zero-order valence-electron chi connectivity index (χ0n) is 15.9. The minimum Gasteiger partial charge on any atom is -0.467 e. The molecular weight excluding hydrogens is 387 g/mol. The monoisotopic (exact) mass is 409 g/mol. The van der Waals surface area contributed by atoms with Gasteiger partial charge in [0.15, 0.2) is 12.8 Å². The molecule has 0 radical (unpaired) electrons. The van der Waals surface area contributed by atoms with E-state index in [-0.39, 0.29) is 24.9 Å². The van der Waals surface area contributed by atoms with E-state index in [1.54, 1.807) is 25.2 Å². The normalized spacial score (nSPS) is 13.6. The van der Waals surface area contributed by atoms with Crippen molar-refractivity contribution in [2.24, 2.45) is 4.99 Å². The van der Waals surface area contributed by atoms with Gasteiger partial charge in [-0.2, -0.15) is 8.78 Å². The smallest absolute Gasteiger partial charge is 0.387 e. The lowest BCUT2D eigenvalue weighted by Crippen LogP contribution is -2.38. The van der Waals surface area contributed by atoms with E-state index in [1.807, 2.05) is 0 Å². The Balaban J connectivity index is 1.55. The van der Waals surface area contributed by atoms with E-state index in [0.717, 1.165) is 5.56 Å². The summed E-state index contributed by atoms with van der Waals surface area (Å²) in [6.07, 6.45) is 0.506. The number of halogens is 3. The van der Waals surface area contributed by atoms with Gasteiger partial charge in [0.2, 0.25) is 0 Å². The van der Waals surface area contributed by atoms with Crippen molar-refractivity contribution >= 4 is 5.96 Å². The van der Waals surface area contributed by atoms with Crippen molar-refractivity contribution in [1.82, 2.24) is 10.6 Å². The SMILES string of the molecule is CN=C(NCCc1cc(F)cc2c1OCOC2)NCc1ccccc1OC(F)F. The second kappa shape index (κ2) is 10.0. The predicted octanol–water partition coefficient (Wildman–Crippen LogP) is 3.20. The lowest BCUT2D eigenvalue weighted by molar-refractivity contribution is -0.0504. The molecule has 9 heteroatoms. The lowest BCUT2D eigenvalue weighted by Gasteiger charge is -2.21. The van der Waals surface area contributed by atoms with Gasteiger partial charge >= 0.3 is 6.61 Å². The van der Waals surface area contributed by atoms with Gasteiger partial charge in [-0.15, -0.1) is 0 Å². The number of guanidine groups is 1. The second-order valence-electron chi connectivity index (χ2n) is 6.25. The minimum absolute atomic E-state index is 0.108. The summed E-state index contributed by atoms with van der Waals surface area (Å²) in [6, 6.07) is 9.39. The maximum atomic E-state index is 13.8. The van der Waals surface area contributed by atoms with Crippen molar-refractivity contribution in [2.45, 2.75) is 26.2 Å². The molecule has 0 aliphatic carbocycles. The average Bonchev–Trinajstić information content (AvgIpc) is 2.71. The quantitative estimate of drug-likeness (QED) is 0.543. The number of aliphatic imine (C=N–C) groups is 1. The van der Waals surface area contributed by atoms with Crippen LogP contribution in [0.1, 0.15) is 16.7 Å². The number of para-hydroxylation sites is 1. The van der Waals surface area contributed by atoms with Crippen LogP contribution in [0.5, 0.6) is 11.5 Å². The number of hydrogen-bond donors (Lipinski definition) is 2. The highest BCUT2D eigenvalue weighted by molar-refractivity contribution is 5.79. The van der Waals surface area contributed by atoms with Crippen molar-refractivity contribution in [3.8, 4) is 11.5 Å². The first-order valence-corrected chi connectivity index (χ1v) is 9.06. The van der Waals surface area contributed by atoms with Crippen molar-refractivity contribution in [3.05, 3.63) is 58.9 Å². The van der Waals surface area contributed by atoms with Gasteiger partial charge < -0.3 is 24.8 Å². The summed E-state index contributed by atoms with van der Waals surface area (Å²) in [5.74, 6) is 0.897. The maximum Gasteiger partial charge on any atom is 0.387 e. The highest BCUT2D eigenvalue weighted by Crippen LogP contribution is 2.29. The maximum absolute atomic E-state index is 13.8. The fourth-order valence-corrected chi connectivity index (χ4v) is 3.02. The summed E-state index contributed by atoms with van der Waals surface area (Å²) >= 11 is 0. The number of ether oxygens (including phenoxy) is 3. The molecule has 156 valence electrons. The molecule has 6 nitrogen and oxygen atoms in total. The summed E-state index contributed by atoms with van der Waals surface area (Å²) < 4.78 is 54.1. The Labute approximate surface area is 166 Å². The molecule has 0 bridgehead atoms. The van der Waals surface area contributed by atoms with Gasteiger partial charge in [-0.1, -0.05) is 18.2 Å². The molecule has 0 unspecified atom stereocenters. The standard InChI is InChI=1S/C20H22F3N3O3/c1-24-20(26-10-14-4-2-3-5-17(14)29-19(22)23)25-7-6-13-8-16(21)9-15-11-27-12-28-18(13)15/h2-5,8-9,19H,6-7,10-12H2,1H3,(H2,24,25,26). The summed E-state index contributed by atoms with van der Waals surface area (Å²) in [6.45, 7) is -1.72. The molecule has 2 N–H and O–H groups in total. The molecule has 2 aromatic carbocycles. The largest absolute Gasteiger partial charge is 0.467 e. The van der Waals surface area contributed by atoms with E-state index in [2.05, 4.69) is 20.4 Å². The van der Waals surface area contributed by atoms with E-state index in [0.29, 0.717) is 42.4 Å². The van der Waals surface area contributed by atoms with Crippen LogP contribution in [0.3, 0.4) is 0 Å². The van der Waals surface area contributed by atoms with E-state index in [9.17, 15) is 13.2 Å². The molecule has 0 saturated carbocycles. The number of nitrogens with zero attached hydrogens (tertiary/aromatic N) is 1.